The minimum atomic E-state index is -0.0628. The number of benzene rings is 1. The van der Waals surface area contributed by atoms with Crippen molar-refractivity contribution in [2.24, 2.45) is 5.92 Å². The molecule has 2 aliphatic rings. The van der Waals surface area contributed by atoms with Gasteiger partial charge < -0.3 is 14.8 Å². The van der Waals surface area contributed by atoms with Gasteiger partial charge in [0, 0.05) is 60.7 Å². The highest BCUT2D eigenvalue weighted by atomic mass is 16.1. The lowest BCUT2D eigenvalue weighted by Crippen LogP contribution is -2.47. The largest absolute Gasteiger partial charge is 0.322 e. The Bertz CT molecular complexity index is 923. The van der Waals surface area contributed by atoms with E-state index >= 15 is 0 Å². The molecule has 5 heteroatoms. The Morgan fingerprint density at radius 3 is 2.54 bits per heavy atom. The van der Waals surface area contributed by atoms with Crippen LogP contribution in [0.3, 0.4) is 0 Å². The quantitative estimate of drug-likeness (QED) is 0.899. The van der Waals surface area contributed by atoms with Crippen molar-refractivity contribution >= 4 is 16.7 Å². The maximum Gasteiger partial charge on any atom is 0.251 e. The number of pyridine rings is 1. The van der Waals surface area contributed by atoms with Crippen molar-refractivity contribution in [2.75, 3.05) is 39.8 Å². The first-order valence-corrected chi connectivity index (χ1v) is 9.56. The SMILES string of the molecule is Cc1c(C)c2c3c(ccc2[nH]c1=O)CCC(CN1CCN(C)CC1)C3=O. The van der Waals surface area contributed by atoms with Crippen molar-refractivity contribution < 1.29 is 4.79 Å². The summed E-state index contributed by atoms with van der Waals surface area (Å²) in [6.45, 7) is 8.86. The van der Waals surface area contributed by atoms with E-state index in [2.05, 4.69) is 21.8 Å². The minimum Gasteiger partial charge on any atom is -0.322 e. The maximum atomic E-state index is 13.4. The summed E-state index contributed by atoms with van der Waals surface area (Å²) in [5, 5.41) is 0.952. The number of carbonyl (C=O) groups is 1. The van der Waals surface area contributed by atoms with E-state index in [0.29, 0.717) is 5.56 Å². The van der Waals surface area contributed by atoms with Crippen LogP contribution in [0.25, 0.3) is 10.9 Å². The minimum absolute atomic E-state index is 0.0585. The number of carbonyl (C=O) groups excluding carboxylic acids is 1. The first-order chi connectivity index (χ1) is 12.5. The van der Waals surface area contributed by atoms with Crippen LogP contribution in [0.2, 0.25) is 0 Å². The molecule has 5 nitrogen and oxygen atoms in total. The van der Waals surface area contributed by atoms with Crippen molar-refractivity contribution in [3.05, 3.63) is 44.7 Å². The van der Waals surface area contributed by atoms with Gasteiger partial charge in [-0.15, -0.1) is 0 Å². The standard InChI is InChI=1S/C21H27N3O2/c1-13-14(2)21(26)22-17-7-6-15-4-5-16(20(25)19(15)18(13)17)12-24-10-8-23(3)9-11-24/h6-7,16H,4-5,8-12H2,1-3H3,(H,22,26). The van der Waals surface area contributed by atoms with Gasteiger partial charge in [0.15, 0.2) is 5.78 Å². The molecule has 1 atom stereocenters. The molecule has 1 fully saturated rings. The van der Waals surface area contributed by atoms with E-state index in [1.165, 1.54) is 0 Å². The lowest BCUT2D eigenvalue weighted by molar-refractivity contribution is 0.0814. The van der Waals surface area contributed by atoms with Crippen LogP contribution in [-0.2, 0) is 6.42 Å². The second-order valence-corrected chi connectivity index (χ2v) is 7.93. The van der Waals surface area contributed by atoms with E-state index in [1.54, 1.807) is 0 Å². The molecular weight excluding hydrogens is 326 g/mol. The average molecular weight is 353 g/mol. The van der Waals surface area contributed by atoms with Crippen LogP contribution in [-0.4, -0.2) is 60.3 Å². The van der Waals surface area contributed by atoms with Crippen molar-refractivity contribution in [3.63, 3.8) is 0 Å². The Hall–Kier alpha value is -1.98. The van der Waals surface area contributed by atoms with E-state index in [0.717, 1.165) is 73.2 Å². The summed E-state index contributed by atoms with van der Waals surface area (Å²) < 4.78 is 0. The van der Waals surface area contributed by atoms with Gasteiger partial charge in [0.25, 0.3) is 5.56 Å². The smallest absolute Gasteiger partial charge is 0.251 e. The van der Waals surface area contributed by atoms with Crippen LogP contribution in [0, 0.1) is 19.8 Å². The van der Waals surface area contributed by atoms with Gasteiger partial charge in [-0.1, -0.05) is 6.07 Å². The van der Waals surface area contributed by atoms with Crippen molar-refractivity contribution in [2.45, 2.75) is 26.7 Å². The van der Waals surface area contributed by atoms with Crippen LogP contribution in [0.1, 0.15) is 33.5 Å². The van der Waals surface area contributed by atoms with Gasteiger partial charge in [-0.25, -0.2) is 0 Å². The van der Waals surface area contributed by atoms with Gasteiger partial charge in [-0.3, -0.25) is 9.59 Å². The van der Waals surface area contributed by atoms with Gasteiger partial charge in [0.2, 0.25) is 0 Å². The summed E-state index contributed by atoms with van der Waals surface area (Å²) in [6.07, 6.45) is 1.86. The first-order valence-electron chi connectivity index (χ1n) is 9.56. The Morgan fingerprint density at radius 2 is 1.81 bits per heavy atom. The van der Waals surface area contributed by atoms with Crippen molar-refractivity contribution in [1.82, 2.24) is 14.8 Å². The van der Waals surface area contributed by atoms with Gasteiger partial charge in [0.05, 0.1) is 0 Å². The molecule has 1 unspecified atom stereocenters. The lowest BCUT2D eigenvalue weighted by Gasteiger charge is -2.35. The fraction of sp³-hybridized carbons (Fsp3) is 0.524. The van der Waals surface area contributed by atoms with Crippen LogP contribution in [0.4, 0.5) is 0 Å². The third kappa shape index (κ3) is 2.89. The number of nitrogens with one attached hydrogen (secondary N) is 1. The van der Waals surface area contributed by atoms with Crippen LogP contribution < -0.4 is 5.56 Å². The topological polar surface area (TPSA) is 56.4 Å². The zero-order valence-corrected chi connectivity index (χ0v) is 15.9. The van der Waals surface area contributed by atoms with Crippen molar-refractivity contribution in [3.8, 4) is 0 Å². The normalized spacial score (nSPS) is 22.0. The number of hydrogen-bond acceptors (Lipinski definition) is 4. The molecule has 1 aliphatic carbocycles. The zero-order valence-electron chi connectivity index (χ0n) is 15.9. The molecule has 0 spiro atoms. The number of hydrogen-bond donors (Lipinski definition) is 1. The fourth-order valence-electron chi connectivity index (χ4n) is 4.38. The summed E-state index contributed by atoms with van der Waals surface area (Å²) in [7, 11) is 2.15. The summed E-state index contributed by atoms with van der Waals surface area (Å²) in [5.41, 5.74) is 4.35. The molecule has 0 bridgehead atoms. The zero-order chi connectivity index (χ0) is 18.4. The van der Waals surface area contributed by atoms with Gasteiger partial charge in [-0.2, -0.15) is 0 Å². The number of rotatable bonds is 2. The second kappa shape index (κ2) is 6.63. The van der Waals surface area contributed by atoms with Gasteiger partial charge in [-0.05, 0) is 50.9 Å². The Balaban J connectivity index is 1.71. The number of aryl methyl sites for hydroxylation is 2. The third-order valence-corrected chi connectivity index (χ3v) is 6.27. The molecule has 0 amide bonds. The molecule has 2 heterocycles. The molecule has 1 N–H and O–H groups in total. The molecule has 4 rings (SSSR count). The highest BCUT2D eigenvalue weighted by Crippen LogP contribution is 2.33. The number of likely N-dealkylation sites (N-methyl/N-ethyl adjacent to an activating group) is 1. The molecule has 1 aliphatic heterocycles. The average Bonchev–Trinajstić information content (AvgIpc) is 2.63. The summed E-state index contributed by atoms with van der Waals surface area (Å²) in [4.78, 5) is 33.2. The second-order valence-electron chi connectivity index (χ2n) is 7.93. The Morgan fingerprint density at radius 1 is 1.08 bits per heavy atom. The highest BCUT2D eigenvalue weighted by molar-refractivity contribution is 6.11. The molecule has 138 valence electrons. The molecule has 0 saturated carbocycles. The lowest BCUT2D eigenvalue weighted by atomic mass is 9.79. The number of ketones is 1. The van der Waals surface area contributed by atoms with E-state index in [4.69, 9.17) is 0 Å². The van der Waals surface area contributed by atoms with Crippen LogP contribution >= 0.6 is 0 Å². The monoisotopic (exact) mass is 353 g/mol. The van der Waals surface area contributed by atoms with Crippen LogP contribution in [0.5, 0.6) is 0 Å². The van der Waals surface area contributed by atoms with E-state index in [9.17, 15) is 9.59 Å². The van der Waals surface area contributed by atoms with Crippen molar-refractivity contribution in [1.29, 1.82) is 0 Å². The van der Waals surface area contributed by atoms with E-state index in [1.807, 2.05) is 26.0 Å². The third-order valence-electron chi connectivity index (χ3n) is 6.27. The highest BCUT2D eigenvalue weighted by Gasteiger charge is 2.31. The number of piperazine rings is 1. The molecule has 1 aromatic heterocycles. The number of H-pyrrole nitrogens is 1. The number of fused-ring (bicyclic) bond motifs is 3. The molecular formula is C21H27N3O2. The van der Waals surface area contributed by atoms with Crippen LogP contribution in [0.15, 0.2) is 16.9 Å². The first kappa shape index (κ1) is 17.4. The molecule has 2 aromatic rings. The Labute approximate surface area is 154 Å². The summed E-state index contributed by atoms with van der Waals surface area (Å²) in [6, 6.07) is 3.97. The number of aromatic nitrogens is 1. The fourth-order valence-corrected chi connectivity index (χ4v) is 4.38. The molecule has 1 saturated heterocycles. The number of Topliss-reactive ketones (excluding diaryl/α,β-unsaturated/α-hetero) is 1. The molecule has 26 heavy (non-hydrogen) atoms. The maximum absolute atomic E-state index is 13.4. The molecule has 1 aromatic carbocycles. The van der Waals surface area contributed by atoms with Gasteiger partial charge in [0.1, 0.15) is 0 Å². The number of aromatic amines is 1. The summed E-state index contributed by atoms with van der Waals surface area (Å²) in [5.74, 6) is 0.313. The van der Waals surface area contributed by atoms with E-state index < -0.39 is 0 Å². The predicted molar refractivity (Wildman–Crippen MR) is 104 cm³/mol. The van der Waals surface area contributed by atoms with E-state index in [-0.39, 0.29) is 17.3 Å². The van der Waals surface area contributed by atoms with Gasteiger partial charge >= 0.3 is 0 Å². The summed E-state index contributed by atoms with van der Waals surface area (Å²) >= 11 is 0. The predicted octanol–water partition coefficient (Wildman–Crippen LogP) is 2.14. The number of nitrogens with zero attached hydrogens (tertiary/aromatic N) is 2. The Kier molecular flexibility index (Phi) is 4.45. The molecule has 0 radical (unpaired) electrons.